The molecule has 174 valence electrons. The number of ether oxygens (including phenoxy) is 1. The lowest BCUT2D eigenvalue weighted by Gasteiger charge is -2.26. The van der Waals surface area contributed by atoms with Crippen LogP contribution in [0.3, 0.4) is 0 Å². The zero-order valence-electron chi connectivity index (χ0n) is 20.1. The summed E-state index contributed by atoms with van der Waals surface area (Å²) < 4.78 is 4.89. The van der Waals surface area contributed by atoms with Gasteiger partial charge in [0.15, 0.2) is 0 Å². The van der Waals surface area contributed by atoms with Gasteiger partial charge in [0.05, 0.1) is 11.1 Å². The first-order valence-electron chi connectivity index (χ1n) is 11.8. The highest BCUT2D eigenvalue weighted by Gasteiger charge is 2.33. The van der Waals surface area contributed by atoms with Crippen LogP contribution in [0.2, 0.25) is 0 Å². The third-order valence-electron chi connectivity index (χ3n) is 6.60. The van der Waals surface area contributed by atoms with Crippen LogP contribution in [0, 0.1) is 0 Å². The van der Waals surface area contributed by atoms with Crippen LogP contribution in [0.1, 0.15) is 69.1 Å². The summed E-state index contributed by atoms with van der Waals surface area (Å²) in [5.74, 6) is -1.97. The van der Waals surface area contributed by atoms with E-state index in [1.807, 2.05) is 52.0 Å². The van der Waals surface area contributed by atoms with Crippen molar-refractivity contribution in [2.45, 2.75) is 27.7 Å². The van der Waals surface area contributed by atoms with Crippen molar-refractivity contribution >= 4 is 66.8 Å². The van der Waals surface area contributed by atoms with Gasteiger partial charge in [0, 0.05) is 28.9 Å². The number of hydrogen-bond donors (Lipinski definition) is 0. The van der Waals surface area contributed by atoms with E-state index < -0.39 is 11.9 Å². The number of benzene rings is 5. The molecule has 0 aromatic heterocycles. The minimum Gasteiger partial charge on any atom is -0.386 e. The average Bonchev–Trinajstić information content (AvgIpc) is 2.90. The Balaban J connectivity index is 0.000000605. The second-order valence-electron chi connectivity index (χ2n) is 7.99. The summed E-state index contributed by atoms with van der Waals surface area (Å²) in [5, 5.41) is 6.32. The first kappa shape index (κ1) is 22.5. The molecule has 0 saturated heterocycles. The fourth-order valence-corrected chi connectivity index (χ4v) is 5.23. The highest BCUT2D eigenvalue weighted by Crippen LogP contribution is 2.45. The van der Waals surface area contributed by atoms with Crippen molar-refractivity contribution in [1.82, 2.24) is 4.90 Å². The Hall–Kier alpha value is -4.32. The Kier molecular flexibility index (Phi) is 5.06. The van der Waals surface area contributed by atoms with Gasteiger partial charge in [-0.25, -0.2) is 9.59 Å². The van der Waals surface area contributed by atoms with Crippen LogP contribution in [-0.2, 0) is 4.74 Å². The SMILES string of the molecule is CC.CC.CN1C(=O)c2ccc3c4ccc5c6c(ccc(c7ccc(c2c37)C1=O)c64)C(=O)OC5=O. The van der Waals surface area contributed by atoms with Crippen LogP contribution in [0.4, 0.5) is 0 Å². The number of hydrogen-bond acceptors (Lipinski definition) is 5. The molecule has 0 spiro atoms. The van der Waals surface area contributed by atoms with E-state index in [4.69, 9.17) is 4.74 Å². The lowest BCUT2D eigenvalue weighted by atomic mass is 9.83. The molecule has 6 heteroatoms. The second kappa shape index (κ2) is 7.87. The summed E-state index contributed by atoms with van der Waals surface area (Å²) in [6.45, 7) is 8.00. The van der Waals surface area contributed by atoms with E-state index in [-0.39, 0.29) is 11.8 Å². The fourth-order valence-electron chi connectivity index (χ4n) is 5.23. The zero-order chi connectivity index (χ0) is 25.2. The maximum absolute atomic E-state index is 12.8. The largest absolute Gasteiger partial charge is 0.386 e. The lowest BCUT2D eigenvalue weighted by molar-refractivity contribution is 0.0390. The quantitative estimate of drug-likeness (QED) is 0.0878. The molecular weight excluding hydrogens is 442 g/mol. The molecule has 0 aliphatic carbocycles. The maximum atomic E-state index is 12.8. The van der Waals surface area contributed by atoms with E-state index in [0.29, 0.717) is 33.0 Å². The third-order valence-corrected chi connectivity index (χ3v) is 6.60. The summed E-state index contributed by atoms with van der Waals surface area (Å²) in [7, 11) is 1.49. The van der Waals surface area contributed by atoms with Crippen LogP contribution in [-0.4, -0.2) is 35.7 Å². The summed E-state index contributed by atoms with van der Waals surface area (Å²) in [6, 6.07) is 14.3. The van der Waals surface area contributed by atoms with Crippen molar-refractivity contribution < 1.29 is 23.9 Å². The molecule has 7 rings (SSSR count). The molecule has 0 radical (unpaired) electrons. The molecule has 0 saturated carbocycles. The van der Waals surface area contributed by atoms with Gasteiger partial charge in [0.25, 0.3) is 11.8 Å². The van der Waals surface area contributed by atoms with Crippen molar-refractivity contribution in [3.63, 3.8) is 0 Å². The van der Waals surface area contributed by atoms with E-state index in [1.165, 1.54) is 7.05 Å². The lowest BCUT2D eigenvalue weighted by Crippen LogP contribution is -2.36. The van der Waals surface area contributed by atoms with E-state index in [1.54, 1.807) is 24.3 Å². The van der Waals surface area contributed by atoms with Crippen LogP contribution >= 0.6 is 0 Å². The smallest absolute Gasteiger partial charge is 0.346 e. The second-order valence-corrected chi connectivity index (χ2v) is 7.99. The highest BCUT2D eigenvalue weighted by atomic mass is 16.6. The number of amides is 2. The van der Waals surface area contributed by atoms with Crippen molar-refractivity contribution in [2.75, 3.05) is 7.05 Å². The van der Waals surface area contributed by atoms with E-state index in [9.17, 15) is 19.2 Å². The standard InChI is InChI=1S/C25H11NO5.2C2H6/c1-26-22(27)14-6-2-10-12-4-8-16-21-17(25(30)31-24(16)29)9-5-13(19(12)21)11-3-7-15(23(26)28)20(14)18(10)11;2*1-2/h2-9H,1H3;2*1-2H3. The normalized spacial score (nSPS) is 14.3. The number of carbonyl (C=O) groups excluding carboxylic acids is 4. The summed E-state index contributed by atoms with van der Waals surface area (Å²) in [6.07, 6.45) is 0. The number of esters is 2. The Morgan fingerprint density at radius 3 is 1.17 bits per heavy atom. The van der Waals surface area contributed by atoms with Gasteiger partial charge in [-0.1, -0.05) is 52.0 Å². The Bertz CT molecular complexity index is 1630. The molecule has 5 aromatic rings. The summed E-state index contributed by atoms with van der Waals surface area (Å²) in [4.78, 5) is 51.5. The highest BCUT2D eigenvalue weighted by molar-refractivity contribution is 6.40. The average molecular weight is 466 g/mol. The number of carbonyl (C=O) groups is 4. The number of nitrogens with zero attached hydrogens (tertiary/aromatic N) is 1. The molecule has 5 aromatic carbocycles. The molecule has 0 atom stereocenters. The van der Waals surface area contributed by atoms with Crippen molar-refractivity contribution in [1.29, 1.82) is 0 Å². The predicted octanol–water partition coefficient (Wildman–Crippen LogP) is 6.33. The number of cyclic esters (lactones) is 2. The molecule has 0 N–H and O–H groups in total. The van der Waals surface area contributed by atoms with Crippen molar-refractivity contribution in [3.05, 3.63) is 70.8 Å². The predicted molar refractivity (Wildman–Crippen MR) is 137 cm³/mol. The van der Waals surface area contributed by atoms with Gasteiger partial charge >= 0.3 is 11.9 Å². The van der Waals surface area contributed by atoms with Gasteiger partial charge in [-0.15, -0.1) is 0 Å². The van der Waals surface area contributed by atoms with E-state index in [2.05, 4.69) is 0 Å². The van der Waals surface area contributed by atoms with Crippen molar-refractivity contribution in [2.24, 2.45) is 0 Å². The Morgan fingerprint density at radius 1 is 0.486 bits per heavy atom. The van der Waals surface area contributed by atoms with Gasteiger partial charge in [0.2, 0.25) is 0 Å². The Morgan fingerprint density at radius 2 is 0.800 bits per heavy atom. The van der Waals surface area contributed by atoms with Gasteiger partial charge in [-0.2, -0.15) is 0 Å². The number of fused-ring (bicyclic) bond motifs is 2. The van der Waals surface area contributed by atoms with Crippen LogP contribution in [0.15, 0.2) is 48.5 Å². The third kappa shape index (κ3) is 2.71. The molecule has 0 fully saturated rings. The van der Waals surface area contributed by atoms with E-state index in [0.717, 1.165) is 37.2 Å². The minimum absolute atomic E-state index is 0.328. The Labute approximate surface area is 201 Å². The van der Waals surface area contributed by atoms with Gasteiger partial charge in [-0.05, 0) is 56.6 Å². The fraction of sp³-hybridized carbons (Fsp3) is 0.172. The molecule has 2 aliphatic heterocycles. The van der Waals surface area contributed by atoms with E-state index >= 15 is 0 Å². The topological polar surface area (TPSA) is 80.8 Å². The van der Waals surface area contributed by atoms with Gasteiger partial charge in [0.1, 0.15) is 0 Å². The molecule has 2 heterocycles. The van der Waals surface area contributed by atoms with Crippen LogP contribution in [0.25, 0.3) is 43.1 Å². The monoisotopic (exact) mass is 465 g/mol. The van der Waals surface area contributed by atoms with Crippen molar-refractivity contribution in [3.8, 4) is 0 Å². The molecule has 0 unspecified atom stereocenters. The summed E-state index contributed by atoms with van der Waals surface area (Å²) >= 11 is 0. The first-order chi connectivity index (χ1) is 17.0. The maximum Gasteiger partial charge on any atom is 0.346 e. The molecular formula is C29H23NO5. The molecule has 0 bridgehead atoms. The van der Waals surface area contributed by atoms with Crippen LogP contribution < -0.4 is 0 Å². The summed E-state index contributed by atoms with van der Waals surface area (Å²) in [5.41, 5.74) is 1.70. The molecule has 35 heavy (non-hydrogen) atoms. The zero-order valence-corrected chi connectivity index (χ0v) is 20.1. The number of imide groups is 1. The van der Waals surface area contributed by atoms with Gasteiger partial charge in [-0.3, -0.25) is 14.5 Å². The molecule has 2 aliphatic rings. The molecule has 6 nitrogen and oxygen atoms in total. The first-order valence-corrected chi connectivity index (χ1v) is 11.8. The number of rotatable bonds is 0. The van der Waals surface area contributed by atoms with Crippen LogP contribution in [0.5, 0.6) is 0 Å². The molecule has 2 amide bonds. The minimum atomic E-state index is -0.656. The van der Waals surface area contributed by atoms with Gasteiger partial charge < -0.3 is 4.74 Å².